The van der Waals surface area contributed by atoms with Crippen LogP contribution >= 0.6 is 21.6 Å². The molecule has 1 rings (SSSR count). The Hall–Kier alpha value is -0.270. The smallest absolute Gasteiger partial charge is 0.323 e. The van der Waals surface area contributed by atoms with Crippen LogP contribution in [0.3, 0.4) is 0 Å². The van der Waals surface area contributed by atoms with E-state index in [1.807, 2.05) is 21.6 Å². The molecule has 1 saturated heterocycles. The molecule has 0 saturated carbocycles. The van der Waals surface area contributed by atoms with E-state index in [-0.39, 0.29) is 0 Å². The largest absolute Gasteiger partial charge is 0.480 e. The van der Waals surface area contributed by atoms with Gasteiger partial charge in [0.25, 0.3) is 0 Å². The molecule has 0 aromatic rings. The highest BCUT2D eigenvalue weighted by Crippen LogP contribution is 2.39. The first-order chi connectivity index (χ1) is 8.61. The highest BCUT2D eigenvalue weighted by molar-refractivity contribution is 8.77. The number of aldehydes is 1. The minimum atomic E-state index is -1.35. The van der Waals surface area contributed by atoms with E-state index in [2.05, 4.69) is 5.73 Å². The fourth-order valence-corrected chi connectivity index (χ4v) is 4.26. The maximum Gasteiger partial charge on any atom is 0.323 e. The van der Waals surface area contributed by atoms with Gasteiger partial charge in [-0.1, -0.05) is 28.0 Å². The topological polar surface area (TPSA) is 80.4 Å². The van der Waals surface area contributed by atoms with E-state index in [4.69, 9.17) is 5.11 Å². The first-order valence-corrected chi connectivity index (χ1v) is 8.26. The maximum absolute atomic E-state index is 11.1. The number of carbonyl (C=O) groups excluding carboxylic acids is 1. The Kier molecular flexibility index (Phi) is 11.6. The lowest BCUT2D eigenvalue weighted by atomic mass is 10.1. The standard InChI is InChI=1S/C8H14OS2.C3H6FNO2/c9-6-3-1-2-4-8-5-7-10-11-8;4-1-2(5)3(6)7/h6,8H,1-5,7H2;2H,1,5H2,(H,6,7). The molecule has 7 heteroatoms. The predicted molar refractivity (Wildman–Crippen MR) is 74.6 cm³/mol. The number of hydrogen-bond acceptors (Lipinski definition) is 5. The Balaban J connectivity index is 0.000000360. The Labute approximate surface area is 115 Å². The minimum absolute atomic E-state index is 0.754. The van der Waals surface area contributed by atoms with Crippen molar-refractivity contribution in [3.63, 3.8) is 0 Å². The van der Waals surface area contributed by atoms with Gasteiger partial charge in [-0.3, -0.25) is 4.79 Å². The molecule has 0 aliphatic carbocycles. The Morgan fingerprint density at radius 1 is 1.56 bits per heavy atom. The van der Waals surface area contributed by atoms with E-state index in [9.17, 15) is 14.0 Å². The van der Waals surface area contributed by atoms with Crippen molar-refractivity contribution in [1.82, 2.24) is 0 Å². The second-order valence-corrected chi connectivity index (χ2v) is 6.67. The second kappa shape index (κ2) is 11.8. The molecule has 0 aromatic heterocycles. The highest BCUT2D eigenvalue weighted by atomic mass is 33.1. The van der Waals surface area contributed by atoms with Crippen LogP contribution in [-0.4, -0.2) is 41.1 Å². The van der Waals surface area contributed by atoms with Crippen molar-refractivity contribution >= 4 is 33.8 Å². The highest BCUT2D eigenvalue weighted by Gasteiger charge is 2.15. The van der Waals surface area contributed by atoms with Crippen LogP contribution in [0.25, 0.3) is 0 Å². The molecule has 2 unspecified atom stereocenters. The molecule has 0 radical (unpaired) electrons. The average Bonchev–Trinajstić information content (AvgIpc) is 2.87. The fourth-order valence-electron chi connectivity index (χ4n) is 1.23. The van der Waals surface area contributed by atoms with Gasteiger partial charge in [-0.15, -0.1) is 0 Å². The molecule has 0 bridgehead atoms. The van der Waals surface area contributed by atoms with E-state index < -0.39 is 18.7 Å². The summed E-state index contributed by atoms with van der Waals surface area (Å²) < 4.78 is 11.1. The number of alkyl halides is 1. The van der Waals surface area contributed by atoms with Gasteiger partial charge >= 0.3 is 5.97 Å². The normalized spacial score (nSPS) is 19.8. The van der Waals surface area contributed by atoms with Crippen molar-refractivity contribution in [2.75, 3.05) is 12.4 Å². The van der Waals surface area contributed by atoms with Crippen LogP contribution in [0.2, 0.25) is 0 Å². The van der Waals surface area contributed by atoms with E-state index in [1.54, 1.807) is 0 Å². The number of halogens is 1. The third kappa shape index (κ3) is 9.73. The van der Waals surface area contributed by atoms with Crippen molar-refractivity contribution in [2.45, 2.75) is 43.4 Å². The van der Waals surface area contributed by atoms with Crippen LogP contribution in [0.4, 0.5) is 4.39 Å². The molecule has 0 spiro atoms. The first-order valence-electron chi connectivity index (χ1n) is 5.88. The summed E-state index contributed by atoms with van der Waals surface area (Å²) in [5, 5.41) is 8.70. The number of rotatable bonds is 7. The molecule has 1 fully saturated rings. The van der Waals surface area contributed by atoms with Crippen molar-refractivity contribution in [1.29, 1.82) is 0 Å². The summed E-state index contributed by atoms with van der Waals surface area (Å²) in [6.45, 7) is -1.00. The van der Waals surface area contributed by atoms with E-state index in [1.165, 1.54) is 25.0 Å². The van der Waals surface area contributed by atoms with Crippen molar-refractivity contribution in [3.05, 3.63) is 0 Å². The summed E-state index contributed by atoms with van der Waals surface area (Å²) in [7, 11) is 4.02. The maximum atomic E-state index is 11.1. The number of hydrogen-bond donors (Lipinski definition) is 2. The zero-order valence-electron chi connectivity index (χ0n) is 10.2. The molecular weight excluding hydrogens is 277 g/mol. The number of nitrogens with two attached hydrogens (primary N) is 1. The fraction of sp³-hybridized carbons (Fsp3) is 0.818. The van der Waals surface area contributed by atoms with Crippen LogP contribution in [0.1, 0.15) is 32.1 Å². The lowest BCUT2D eigenvalue weighted by molar-refractivity contribution is -0.138. The second-order valence-electron chi connectivity index (χ2n) is 3.88. The molecular formula is C11H20FNO3S2. The quantitative estimate of drug-likeness (QED) is 0.426. The minimum Gasteiger partial charge on any atom is -0.480 e. The Morgan fingerprint density at radius 3 is 2.67 bits per heavy atom. The number of carbonyl (C=O) groups is 2. The summed E-state index contributed by atoms with van der Waals surface area (Å²) in [6, 6.07) is -1.35. The number of aliphatic carboxylic acids is 1. The van der Waals surface area contributed by atoms with Gasteiger partial charge in [0.05, 0.1) is 0 Å². The van der Waals surface area contributed by atoms with Gasteiger partial charge in [0.2, 0.25) is 0 Å². The molecule has 1 heterocycles. The zero-order chi connectivity index (χ0) is 13.8. The third-order valence-electron chi connectivity index (χ3n) is 2.31. The van der Waals surface area contributed by atoms with Crippen molar-refractivity contribution in [3.8, 4) is 0 Å². The number of unbranched alkanes of at least 4 members (excludes halogenated alkanes) is 2. The molecule has 2 atom stereocenters. The van der Waals surface area contributed by atoms with Crippen molar-refractivity contribution < 1.29 is 19.1 Å². The van der Waals surface area contributed by atoms with E-state index in [0.29, 0.717) is 0 Å². The Bertz CT molecular complexity index is 238. The molecule has 0 aromatic carbocycles. The average molecular weight is 297 g/mol. The monoisotopic (exact) mass is 297 g/mol. The van der Waals surface area contributed by atoms with Gasteiger partial charge in [0.15, 0.2) is 0 Å². The van der Waals surface area contributed by atoms with Crippen LogP contribution in [0.5, 0.6) is 0 Å². The van der Waals surface area contributed by atoms with Gasteiger partial charge in [0, 0.05) is 17.4 Å². The van der Waals surface area contributed by atoms with Crippen LogP contribution in [0, 0.1) is 0 Å². The molecule has 106 valence electrons. The Morgan fingerprint density at radius 2 is 2.28 bits per heavy atom. The summed E-state index contributed by atoms with van der Waals surface area (Å²) in [4.78, 5) is 19.6. The molecule has 3 N–H and O–H groups in total. The summed E-state index contributed by atoms with van der Waals surface area (Å²) in [5.74, 6) is 0.0192. The third-order valence-corrected chi connectivity index (χ3v) is 5.32. The molecule has 0 amide bonds. The number of carboxylic acid groups (broad SMARTS) is 1. The summed E-state index contributed by atoms with van der Waals surface area (Å²) in [5.41, 5.74) is 4.64. The molecule has 1 aliphatic rings. The van der Waals surface area contributed by atoms with Crippen LogP contribution in [-0.2, 0) is 9.59 Å². The lowest BCUT2D eigenvalue weighted by Crippen LogP contribution is -2.31. The van der Waals surface area contributed by atoms with Crippen molar-refractivity contribution in [2.24, 2.45) is 5.73 Å². The van der Waals surface area contributed by atoms with Gasteiger partial charge in [0.1, 0.15) is 19.0 Å². The summed E-state index contributed by atoms with van der Waals surface area (Å²) in [6.07, 6.45) is 6.78. The van der Waals surface area contributed by atoms with Crippen LogP contribution < -0.4 is 5.73 Å². The first kappa shape index (κ1) is 17.7. The lowest BCUT2D eigenvalue weighted by Gasteiger charge is -2.04. The van der Waals surface area contributed by atoms with E-state index >= 15 is 0 Å². The SMILES string of the molecule is NC(CF)C(=O)O.O=CCCCCC1CCSS1. The van der Waals surface area contributed by atoms with Gasteiger partial charge in [-0.05, 0) is 19.3 Å². The van der Waals surface area contributed by atoms with Gasteiger partial charge in [-0.25, -0.2) is 4.39 Å². The molecule has 18 heavy (non-hydrogen) atoms. The van der Waals surface area contributed by atoms with Gasteiger partial charge in [-0.2, -0.15) is 0 Å². The van der Waals surface area contributed by atoms with Crippen LogP contribution in [0.15, 0.2) is 0 Å². The van der Waals surface area contributed by atoms with Gasteiger partial charge < -0.3 is 15.6 Å². The van der Waals surface area contributed by atoms with E-state index in [0.717, 1.165) is 24.4 Å². The molecule has 4 nitrogen and oxygen atoms in total. The predicted octanol–water partition coefficient (Wildman–Crippen LogP) is 2.27. The number of carboxylic acids is 1. The summed E-state index contributed by atoms with van der Waals surface area (Å²) >= 11 is 0. The molecule has 1 aliphatic heterocycles. The zero-order valence-corrected chi connectivity index (χ0v) is 11.9.